The van der Waals surface area contributed by atoms with Gasteiger partial charge in [0.25, 0.3) is 0 Å². The summed E-state index contributed by atoms with van der Waals surface area (Å²) in [5.74, 6) is 3.63. The summed E-state index contributed by atoms with van der Waals surface area (Å²) in [5.41, 5.74) is 5.25. The molecule has 0 N–H and O–H groups in total. The van der Waals surface area contributed by atoms with E-state index in [1.54, 1.807) is 11.1 Å². The second-order valence-electron chi connectivity index (χ2n) is 11.8. The van der Waals surface area contributed by atoms with Crippen molar-refractivity contribution in [2.24, 2.45) is 40.4 Å². The lowest BCUT2D eigenvalue weighted by atomic mass is 9.46. The minimum absolute atomic E-state index is 0.277. The Morgan fingerprint density at radius 2 is 1.94 bits per heavy atom. The Bertz CT molecular complexity index is 929. The first-order valence-corrected chi connectivity index (χ1v) is 13.2. The van der Waals surface area contributed by atoms with Gasteiger partial charge in [-0.3, -0.25) is 9.78 Å². The van der Waals surface area contributed by atoms with Gasteiger partial charge in [0.15, 0.2) is 0 Å². The van der Waals surface area contributed by atoms with Crippen LogP contribution in [0.4, 0.5) is 0 Å². The van der Waals surface area contributed by atoms with Crippen molar-refractivity contribution in [3.8, 4) is 0 Å². The van der Waals surface area contributed by atoms with Crippen LogP contribution in [0.3, 0.4) is 0 Å². The van der Waals surface area contributed by atoms with E-state index in [0.29, 0.717) is 22.5 Å². The van der Waals surface area contributed by atoms with Crippen LogP contribution < -0.4 is 0 Å². The van der Waals surface area contributed by atoms with Crippen LogP contribution in [0, 0.1) is 40.4 Å². The molecule has 7 unspecified atom stereocenters. The SMILES string of the molecule is CCCC(C(C)=O)C1CCC2(C)C(=CCC3C2CCC2(C)C(c4cccnc4)=CCC32)C1. The van der Waals surface area contributed by atoms with E-state index in [-0.39, 0.29) is 5.92 Å². The first kappa shape index (κ1) is 22.1. The fourth-order valence-electron chi connectivity index (χ4n) is 8.65. The molecule has 7 atom stereocenters. The van der Waals surface area contributed by atoms with E-state index in [1.165, 1.54) is 50.5 Å². The van der Waals surface area contributed by atoms with Gasteiger partial charge < -0.3 is 0 Å². The molecule has 5 rings (SSSR count). The quantitative estimate of drug-likeness (QED) is 0.448. The third-order valence-electron chi connectivity index (χ3n) is 10.4. The summed E-state index contributed by atoms with van der Waals surface area (Å²) in [6.07, 6.45) is 20.1. The number of carbonyl (C=O) groups excluding carboxylic acids is 1. The first-order chi connectivity index (χ1) is 15.4. The molecule has 2 heteroatoms. The van der Waals surface area contributed by atoms with Gasteiger partial charge in [-0.05, 0) is 110 Å². The number of pyridine rings is 1. The smallest absolute Gasteiger partial charge is 0.133 e. The first-order valence-electron chi connectivity index (χ1n) is 13.2. The number of fused-ring (bicyclic) bond motifs is 5. The predicted octanol–water partition coefficient (Wildman–Crippen LogP) is 7.66. The summed E-state index contributed by atoms with van der Waals surface area (Å²) in [7, 11) is 0. The van der Waals surface area contributed by atoms with E-state index in [9.17, 15) is 4.79 Å². The number of ketones is 1. The third kappa shape index (κ3) is 3.35. The second-order valence-corrected chi connectivity index (χ2v) is 11.8. The highest BCUT2D eigenvalue weighted by Gasteiger charge is 2.57. The Labute approximate surface area is 195 Å². The molecule has 0 radical (unpaired) electrons. The van der Waals surface area contributed by atoms with E-state index in [0.717, 1.165) is 30.6 Å². The maximum absolute atomic E-state index is 12.4. The van der Waals surface area contributed by atoms with Gasteiger partial charge in [-0.2, -0.15) is 0 Å². The summed E-state index contributed by atoms with van der Waals surface area (Å²) >= 11 is 0. The number of Topliss-reactive ketones (excluding diaryl/α,β-unsaturated/α-hetero) is 1. The summed E-state index contributed by atoms with van der Waals surface area (Å²) in [6.45, 7) is 9.18. The highest BCUT2D eigenvalue weighted by Crippen LogP contribution is 2.66. The summed E-state index contributed by atoms with van der Waals surface area (Å²) < 4.78 is 0. The minimum atomic E-state index is 0.277. The zero-order valence-electron chi connectivity index (χ0n) is 20.6. The molecule has 2 saturated carbocycles. The molecule has 0 saturated heterocycles. The lowest BCUT2D eigenvalue weighted by molar-refractivity contribution is -0.123. The van der Waals surface area contributed by atoms with Gasteiger partial charge in [-0.1, -0.05) is 51.0 Å². The fraction of sp³-hybridized carbons (Fsp3) is 0.667. The zero-order valence-corrected chi connectivity index (χ0v) is 20.6. The van der Waals surface area contributed by atoms with Crippen molar-refractivity contribution >= 4 is 11.4 Å². The van der Waals surface area contributed by atoms with Crippen molar-refractivity contribution in [2.45, 2.75) is 85.5 Å². The molecule has 1 aromatic rings. The maximum Gasteiger partial charge on any atom is 0.133 e. The van der Waals surface area contributed by atoms with Gasteiger partial charge in [0.2, 0.25) is 0 Å². The number of hydrogen-bond acceptors (Lipinski definition) is 2. The Hall–Kier alpha value is -1.70. The summed E-state index contributed by atoms with van der Waals surface area (Å²) in [4.78, 5) is 16.8. The number of aromatic nitrogens is 1. The number of allylic oxidation sites excluding steroid dienone is 4. The van der Waals surface area contributed by atoms with Gasteiger partial charge in [0, 0.05) is 18.3 Å². The molecule has 0 aromatic carbocycles. The Balaban J connectivity index is 1.39. The Kier molecular flexibility index (Phi) is 5.71. The lowest BCUT2D eigenvalue weighted by Crippen LogP contribution is -2.49. The van der Waals surface area contributed by atoms with Crippen LogP contribution in [0.2, 0.25) is 0 Å². The van der Waals surface area contributed by atoms with E-state index >= 15 is 0 Å². The maximum atomic E-state index is 12.4. The topological polar surface area (TPSA) is 30.0 Å². The van der Waals surface area contributed by atoms with Crippen molar-refractivity contribution in [2.75, 3.05) is 0 Å². The fourth-order valence-corrected chi connectivity index (χ4v) is 8.65. The molecule has 2 nitrogen and oxygen atoms in total. The van der Waals surface area contributed by atoms with Crippen LogP contribution in [0.25, 0.3) is 5.57 Å². The molecule has 32 heavy (non-hydrogen) atoms. The van der Waals surface area contributed by atoms with Gasteiger partial charge in [0.05, 0.1) is 0 Å². The average molecular weight is 432 g/mol. The molecule has 4 aliphatic rings. The average Bonchev–Trinajstić information content (AvgIpc) is 3.14. The van der Waals surface area contributed by atoms with Gasteiger partial charge in [-0.15, -0.1) is 0 Å². The van der Waals surface area contributed by atoms with Crippen LogP contribution in [0.1, 0.15) is 91.0 Å². The molecule has 172 valence electrons. The highest BCUT2D eigenvalue weighted by molar-refractivity contribution is 5.78. The molecule has 1 heterocycles. The van der Waals surface area contributed by atoms with E-state index in [4.69, 9.17) is 0 Å². The molecule has 0 spiro atoms. The molecule has 0 amide bonds. The van der Waals surface area contributed by atoms with Crippen molar-refractivity contribution < 1.29 is 4.79 Å². The molecule has 2 fully saturated rings. The summed E-state index contributed by atoms with van der Waals surface area (Å²) in [6, 6.07) is 4.34. The second kappa shape index (κ2) is 8.26. The Morgan fingerprint density at radius 3 is 2.66 bits per heavy atom. The van der Waals surface area contributed by atoms with Crippen molar-refractivity contribution in [1.82, 2.24) is 4.98 Å². The van der Waals surface area contributed by atoms with Gasteiger partial charge in [-0.25, -0.2) is 0 Å². The van der Waals surface area contributed by atoms with Crippen LogP contribution >= 0.6 is 0 Å². The minimum Gasteiger partial charge on any atom is -0.300 e. The monoisotopic (exact) mass is 431 g/mol. The van der Waals surface area contributed by atoms with E-state index in [2.05, 4.69) is 56.2 Å². The van der Waals surface area contributed by atoms with Crippen molar-refractivity contribution in [3.63, 3.8) is 0 Å². The number of hydrogen-bond donors (Lipinski definition) is 0. The molecule has 0 bridgehead atoms. The predicted molar refractivity (Wildman–Crippen MR) is 132 cm³/mol. The molecule has 4 aliphatic carbocycles. The normalized spacial score (nSPS) is 39.2. The van der Waals surface area contributed by atoms with E-state index < -0.39 is 0 Å². The third-order valence-corrected chi connectivity index (χ3v) is 10.4. The Morgan fingerprint density at radius 1 is 1.12 bits per heavy atom. The number of nitrogens with zero attached hydrogens (tertiary/aromatic N) is 1. The molecule has 1 aromatic heterocycles. The largest absolute Gasteiger partial charge is 0.300 e. The lowest BCUT2D eigenvalue weighted by Gasteiger charge is -2.58. The number of carbonyl (C=O) groups is 1. The van der Waals surface area contributed by atoms with Crippen LogP contribution in [-0.2, 0) is 4.79 Å². The molecule has 0 aliphatic heterocycles. The van der Waals surface area contributed by atoms with Crippen LogP contribution in [0.5, 0.6) is 0 Å². The molecular formula is C30H41NO. The van der Waals surface area contributed by atoms with Crippen LogP contribution in [-0.4, -0.2) is 10.8 Å². The van der Waals surface area contributed by atoms with Gasteiger partial charge in [0.1, 0.15) is 5.78 Å². The van der Waals surface area contributed by atoms with E-state index in [1.807, 2.05) is 13.1 Å². The highest BCUT2D eigenvalue weighted by atomic mass is 16.1. The van der Waals surface area contributed by atoms with Crippen molar-refractivity contribution in [1.29, 1.82) is 0 Å². The summed E-state index contributed by atoms with van der Waals surface area (Å²) in [5, 5.41) is 0. The van der Waals surface area contributed by atoms with Gasteiger partial charge >= 0.3 is 0 Å². The molecular weight excluding hydrogens is 390 g/mol. The standard InChI is InChI=1S/C30H41NO/c1-5-7-24(20(2)32)21-13-15-29(3)23(18-21)9-10-25-27-12-11-26(22-8-6-17-31-19-22)30(27,4)16-14-28(25)29/h6,8-9,11,17,19,21,24-25,27-28H,5,7,10,12-16,18H2,1-4H3. The van der Waals surface area contributed by atoms with Crippen LogP contribution in [0.15, 0.2) is 42.3 Å². The zero-order chi connectivity index (χ0) is 22.5. The van der Waals surface area contributed by atoms with Crippen molar-refractivity contribution in [3.05, 3.63) is 47.8 Å². The number of rotatable bonds is 5.